The molecule has 0 saturated carbocycles. The second-order valence-corrected chi connectivity index (χ2v) is 24.4. The molecule has 2 aromatic heterocycles. The molecule has 0 aliphatic carbocycles. The van der Waals surface area contributed by atoms with Crippen molar-refractivity contribution in [2.75, 3.05) is 18.5 Å². The van der Waals surface area contributed by atoms with Crippen LogP contribution in [0.3, 0.4) is 0 Å². The van der Waals surface area contributed by atoms with E-state index in [0.717, 1.165) is 12.0 Å². The molecule has 0 unspecified atom stereocenters. The van der Waals surface area contributed by atoms with Gasteiger partial charge in [-0.15, -0.1) is 6.58 Å². The number of hydrogen-bond donors (Lipinski definition) is 1. The van der Waals surface area contributed by atoms with Gasteiger partial charge in [0.1, 0.15) is 18.9 Å². The molecule has 1 saturated heterocycles. The molecular weight excluding hydrogens is 587 g/mol. The molecule has 0 bridgehead atoms. The summed E-state index contributed by atoms with van der Waals surface area (Å²) in [6.07, 6.45) is 4.48. The number of anilines is 1. The molecule has 11 heteroatoms. The molecule has 4 rings (SSSR count). The van der Waals surface area contributed by atoms with E-state index in [-0.39, 0.29) is 28.5 Å². The van der Waals surface area contributed by atoms with Crippen molar-refractivity contribution in [3.05, 3.63) is 54.9 Å². The average molecular weight is 640 g/mol. The van der Waals surface area contributed by atoms with Crippen molar-refractivity contribution in [1.29, 1.82) is 0 Å². The summed E-state index contributed by atoms with van der Waals surface area (Å²) in [5.41, 5.74) is 2.31. The van der Waals surface area contributed by atoms with Gasteiger partial charge in [0, 0.05) is 13.0 Å². The van der Waals surface area contributed by atoms with Crippen LogP contribution >= 0.6 is 0 Å². The molecule has 242 valence electrons. The van der Waals surface area contributed by atoms with Gasteiger partial charge in [0.05, 0.1) is 19.0 Å². The maximum Gasteiger partial charge on any atom is 0.247 e. The highest BCUT2D eigenvalue weighted by Gasteiger charge is 2.47. The first-order valence-electron chi connectivity index (χ1n) is 15.8. The molecule has 1 aliphatic rings. The van der Waals surface area contributed by atoms with Crippen LogP contribution in [0, 0.1) is 0 Å². The van der Waals surface area contributed by atoms with E-state index in [1.807, 2.05) is 41.0 Å². The number of nitrogens with one attached hydrogen (secondary N) is 1. The average Bonchev–Trinajstić information content (AvgIpc) is 3.53. The van der Waals surface area contributed by atoms with E-state index in [1.54, 1.807) is 6.33 Å². The van der Waals surface area contributed by atoms with Crippen molar-refractivity contribution in [3.63, 3.8) is 0 Å². The van der Waals surface area contributed by atoms with Crippen LogP contribution in [-0.2, 0) is 20.2 Å². The van der Waals surface area contributed by atoms with Gasteiger partial charge in [-0.1, -0.05) is 78.0 Å². The molecule has 3 atom stereocenters. The fraction of sp³-hybridized carbons (Fsp3) is 0.606. The smallest absolute Gasteiger partial charge is 0.247 e. The zero-order chi connectivity index (χ0) is 32.3. The van der Waals surface area contributed by atoms with Crippen molar-refractivity contribution in [2.45, 2.75) is 116 Å². The first-order chi connectivity index (χ1) is 20.5. The van der Waals surface area contributed by atoms with E-state index in [9.17, 15) is 0 Å². The molecule has 3 aromatic rings. The molecule has 44 heavy (non-hydrogen) atoms. The number of benzene rings is 1. The summed E-state index contributed by atoms with van der Waals surface area (Å²) in [6.45, 7) is 28.1. The van der Waals surface area contributed by atoms with Gasteiger partial charge < -0.3 is 23.6 Å². The minimum atomic E-state index is -2.08. The van der Waals surface area contributed by atoms with Gasteiger partial charge in [0.15, 0.2) is 27.8 Å². The number of rotatable bonds is 13. The SMILES string of the molecule is C=CCCNc1nc(OCc2ccccc2)c2ncn([C@H]3C[C@H](O[Si](C)(C)C(C)(C)C)[C@@H](CO[Si](C)(C)C(C)(C)C)O3)c2n1. The fourth-order valence-electron chi connectivity index (χ4n) is 4.50. The number of nitrogens with zero attached hydrogens (tertiary/aromatic N) is 4. The van der Waals surface area contributed by atoms with E-state index in [1.165, 1.54) is 0 Å². The van der Waals surface area contributed by atoms with Crippen LogP contribution in [0.1, 0.15) is 66.2 Å². The Kier molecular flexibility index (Phi) is 10.5. The minimum absolute atomic E-state index is 0.0713. The van der Waals surface area contributed by atoms with Gasteiger partial charge in [-0.25, -0.2) is 4.98 Å². The lowest BCUT2D eigenvalue weighted by atomic mass is 10.2. The molecule has 1 aromatic carbocycles. The summed E-state index contributed by atoms with van der Waals surface area (Å²) in [5.74, 6) is 0.914. The Morgan fingerprint density at radius 3 is 2.34 bits per heavy atom. The number of hydrogen-bond acceptors (Lipinski definition) is 8. The quantitative estimate of drug-likeness (QED) is 0.114. The zero-order valence-corrected chi connectivity index (χ0v) is 30.4. The van der Waals surface area contributed by atoms with Crippen LogP contribution in [0.2, 0.25) is 36.3 Å². The number of aromatic nitrogens is 4. The minimum Gasteiger partial charge on any atom is -0.471 e. The summed E-state index contributed by atoms with van der Waals surface area (Å²) < 4.78 is 28.7. The monoisotopic (exact) mass is 639 g/mol. The van der Waals surface area contributed by atoms with E-state index < -0.39 is 16.6 Å². The highest BCUT2D eigenvalue weighted by atomic mass is 28.4. The highest BCUT2D eigenvalue weighted by Crippen LogP contribution is 2.43. The van der Waals surface area contributed by atoms with Crippen LogP contribution < -0.4 is 10.1 Å². The number of fused-ring (bicyclic) bond motifs is 1. The first-order valence-corrected chi connectivity index (χ1v) is 21.6. The van der Waals surface area contributed by atoms with E-state index in [2.05, 4.69) is 84.6 Å². The van der Waals surface area contributed by atoms with Gasteiger partial charge in [-0.05, 0) is 48.2 Å². The second-order valence-electron chi connectivity index (χ2n) is 14.8. The summed E-state index contributed by atoms with van der Waals surface area (Å²) in [5, 5.41) is 3.48. The Morgan fingerprint density at radius 2 is 1.70 bits per heavy atom. The molecule has 0 spiro atoms. The van der Waals surface area contributed by atoms with Gasteiger partial charge in [0.25, 0.3) is 0 Å². The van der Waals surface area contributed by atoms with Crippen LogP contribution in [0.5, 0.6) is 5.88 Å². The van der Waals surface area contributed by atoms with Crippen LogP contribution in [0.15, 0.2) is 49.3 Å². The van der Waals surface area contributed by atoms with Crippen molar-refractivity contribution >= 4 is 33.7 Å². The Bertz CT molecular complexity index is 1400. The summed E-state index contributed by atoms with van der Waals surface area (Å²) in [4.78, 5) is 14.3. The molecule has 0 amide bonds. The van der Waals surface area contributed by atoms with Gasteiger partial charge >= 0.3 is 0 Å². The Balaban J connectivity index is 1.66. The van der Waals surface area contributed by atoms with Crippen LogP contribution in [0.4, 0.5) is 5.95 Å². The third-order valence-electron chi connectivity index (χ3n) is 9.40. The molecular formula is C33H53N5O4Si2. The normalized spacial score (nSPS) is 19.8. The van der Waals surface area contributed by atoms with E-state index in [0.29, 0.717) is 49.2 Å². The standard InChI is InChI=1S/C33H53N5O4Si2/c1-12-13-19-34-31-36-29-28(30(37-31)39-21-24-17-15-14-16-18-24)35-23-38(29)27-20-25(42-44(10,11)33(5,6)7)26(41-27)22-40-43(8,9)32(2,3)4/h12,14-18,23,25-27H,1,13,19-22H2,2-11H3,(H,34,36,37)/t25-,26+,27+/m0/s1. The van der Waals surface area contributed by atoms with Crippen LogP contribution in [-0.4, -0.2) is 61.5 Å². The van der Waals surface area contributed by atoms with Gasteiger partial charge in [-0.2, -0.15) is 9.97 Å². The topological polar surface area (TPSA) is 92.6 Å². The third-order valence-corrected chi connectivity index (χ3v) is 18.4. The molecule has 1 fully saturated rings. The van der Waals surface area contributed by atoms with Crippen molar-refractivity contribution in [3.8, 4) is 5.88 Å². The molecule has 1 aliphatic heterocycles. The lowest BCUT2D eigenvalue weighted by molar-refractivity contribution is -0.0383. The Morgan fingerprint density at radius 1 is 1.02 bits per heavy atom. The predicted molar refractivity (Wildman–Crippen MR) is 183 cm³/mol. The lowest BCUT2D eigenvalue weighted by Crippen LogP contribution is -2.48. The lowest BCUT2D eigenvalue weighted by Gasteiger charge is -2.40. The fourth-order valence-corrected chi connectivity index (χ4v) is 6.87. The van der Waals surface area contributed by atoms with Gasteiger partial charge in [0.2, 0.25) is 11.8 Å². The third kappa shape index (κ3) is 7.98. The number of ether oxygens (including phenoxy) is 2. The van der Waals surface area contributed by atoms with Crippen molar-refractivity contribution < 1.29 is 18.3 Å². The maximum atomic E-state index is 7.00. The number of imidazole rings is 1. The summed E-state index contributed by atoms with van der Waals surface area (Å²) >= 11 is 0. The van der Waals surface area contributed by atoms with E-state index >= 15 is 0 Å². The second kappa shape index (κ2) is 13.4. The molecule has 1 N–H and O–H groups in total. The van der Waals surface area contributed by atoms with Crippen LogP contribution in [0.25, 0.3) is 11.2 Å². The Labute approximate surface area is 266 Å². The Hall–Kier alpha value is -2.58. The molecule has 0 radical (unpaired) electrons. The van der Waals surface area contributed by atoms with Crippen molar-refractivity contribution in [1.82, 2.24) is 19.5 Å². The molecule has 3 heterocycles. The first kappa shape index (κ1) is 34.3. The highest BCUT2D eigenvalue weighted by molar-refractivity contribution is 6.74. The largest absolute Gasteiger partial charge is 0.471 e. The van der Waals surface area contributed by atoms with Crippen molar-refractivity contribution in [2.24, 2.45) is 0 Å². The molecule has 9 nitrogen and oxygen atoms in total. The van der Waals surface area contributed by atoms with E-state index in [4.69, 9.17) is 28.3 Å². The maximum absolute atomic E-state index is 7.00. The summed E-state index contributed by atoms with van der Waals surface area (Å²) in [6, 6.07) is 10.0. The predicted octanol–water partition coefficient (Wildman–Crippen LogP) is 8.09. The van der Waals surface area contributed by atoms with Gasteiger partial charge in [-0.3, -0.25) is 4.57 Å². The zero-order valence-electron chi connectivity index (χ0n) is 28.4. The summed E-state index contributed by atoms with van der Waals surface area (Å²) in [7, 11) is -4.08.